The van der Waals surface area contributed by atoms with Gasteiger partial charge in [0, 0.05) is 32.0 Å². The maximum Gasteiger partial charge on any atom is 0.241 e. The second-order valence-corrected chi connectivity index (χ2v) is 9.96. The summed E-state index contributed by atoms with van der Waals surface area (Å²) < 4.78 is 0. The lowest BCUT2D eigenvalue weighted by Gasteiger charge is -2.31. The van der Waals surface area contributed by atoms with Crippen LogP contribution in [0, 0.1) is 5.92 Å². The summed E-state index contributed by atoms with van der Waals surface area (Å²) in [7, 11) is 0. The molecule has 0 unspecified atom stereocenters. The molecule has 1 heterocycles. The zero-order chi connectivity index (χ0) is 23.0. The van der Waals surface area contributed by atoms with E-state index in [0.29, 0.717) is 12.5 Å². The Morgan fingerprint density at radius 1 is 0.970 bits per heavy atom. The Kier molecular flexibility index (Phi) is 5.81. The summed E-state index contributed by atoms with van der Waals surface area (Å²) in [6, 6.07) is 18.0. The third kappa shape index (κ3) is 4.33. The van der Waals surface area contributed by atoms with Crippen molar-refractivity contribution in [3.8, 4) is 11.1 Å². The van der Waals surface area contributed by atoms with Crippen molar-refractivity contribution in [1.29, 1.82) is 0 Å². The number of hydrogen-bond donors (Lipinski definition) is 0. The summed E-state index contributed by atoms with van der Waals surface area (Å²) in [5.41, 5.74) is 1.83. The van der Waals surface area contributed by atoms with Crippen molar-refractivity contribution in [3.05, 3.63) is 60.2 Å². The number of nitrogens with zero attached hydrogens (tertiary/aromatic N) is 2. The van der Waals surface area contributed by atoms with E-state index in [0.717, 1.165) is 42.5 Å². The minimum Gasteiger partial charge on any atom is -0.342 e. The fourth-order valence-corrected chi connectivity index (χ4v) is 5.11. The van der Waals surface area contributed by atoms with E-state index >= 15 is 0 Å². The molecule has 2 aromatic carbocycles. The highest BCUT2D eigenvalue weighted by Gasteiger charge is 2.57. The Labute approximate surface area is 195 Å². The van der Waals surface area contributed by atoms with E-state index in [9.17, 15) is 14.4 Å². The molecule has 1 saturated heterocycles. The van der Waals surface area contributed by atoms with E-state index in [1.54, 1.807) is 0 Å². The molecule has 2 aliphatic carbocycles. The maximum absolute atomic E-state index is 13.8. The third-order valence-corrected chi connectivity index (χ3v) is 7.28. The van der Waals surface area contributed by atoms with Gasteiger partial charge in [0.05, 0.1) is 5.41 Å². The van der Waals surface area contributed by atoms with Crippen molar-refractivity contribution in [2.24, 2.45) is 5.92 Å². The molecule has 0 radical (unpaired) electrons. The van der Waals surface area contributed by atoms with Gasteiger partial charge in [-0.05, 0) is 54.7 Å². The number of imide groups is 1. The van der Waals surface area contributed by atoms with Crippen molar-refractivity contribution in [2.45, 2.75) is 63.3 Å². The molecule has 2 aromatic rings. The fourth-order valence-electron chi connectivity index (χ4n) is 5.11. The lowest BCUT2D eigenvalue weighted by Crippen LogP contribution is -2.44. The molecule has 0 N–H and O–H groups in total. The molecular formula is C28H32N2O3. The summed E-state index contributed by atoms with van der Waals surface area (Å²) in [6.07, 6.45) is 5.13. The van der Waals surface area contributed by atoms with Gasteiger partial charge in [-0.15, -0.1) is 0 Å². The average Bonchev–Trinajstić information content (AvgIpc) is 3.75. The first-order valence-electron chi connectivity index (χ1n) is 12.3. The zero-order valence-corrected chi connectivity index (χ0v) is 19.3. The maximum atomic E-state index is 13.8. The molecule has 33 heavy (non-hydrogen) atoms. The van der Waals surface area contributed by atoms with Gasteiger partial charge >= 0.3 is 0 Å². The Bertz CT molecular complexity index is 1040. The van der Waals surface area contributed by atoms with Gasteiger partial charge in [-0.1, -0.05) is 61.5 Å². The lowest BCUT2D eigenvalue weighted by molar-refractivity contribution is -0.143. The predicted molar refractivity (Wildman–Crippen MR) is 127 cm³/mol. The number of amides is 3. The summed E-state index contributed by atoms with van der Waals surface area (Å²) >= 11 is 0. The number of rotatable bonds is 9. The largest absolute Gasteiger partial charge is 0.342 e. The van der Waals surface area contributed by atoms with Crippen LogP contribution in [0.3, 0.4) is 0 Å². The lowest BCUT2D eigenvalue weighted by atomic mass is 9.75. The third-order valence-electron chi connectivity index (χ3n) is 7.28. The number of carbonyl (C=O) groups is 3. The SMILES string of the molecule is CCCN(CC1CC1)C(=O)C[C@@]1(c2ccc(-c3ccccc3)cc2)CC(=O)N(C2CC2)C1=O. The number of carbonyl (C=O) groups excluding carboxylic acids is 3. The minimum absolute atomic E-state index is 0.00492. The summed E-state index contributed by atoms with van der Waals surface area (Å²) in [6.45, 7) is 3.54. The van der Waals surface area contributed by atoms with Gasteiger partial charge in [-0.25, -0.2) is 0 Å². The molecule has 0 spiro atoms. The van der Waals surface area contributed by atoms with Gasteiger partial charge < -0.3 is 4.90 Å². The summed E-state index contributed by atoms with van der Waals surface area (Å²) in [5.74, 6) is 0.269. The van der Waals surface area contributed by atoms with Crippen molar-refractivity contribution in [1.82, 2.24) is 9.80 Å². The van der Waals surface area contributed by atoms with E-state index in [2.05, 4.69) is 6.92 Å². The van der Waals surface area contributed by atoms with Crippen molar-refractivity contribution in [3.63, 3.8) is 0 Å². The molecule has 3 aliphatic rings. The summed E-state index contributed by atoms with van der Waals surface area (Å²) in [5, 5.41) is 0. The molecule has 5 nitrogen and oxygen atoms in total. The van der Waals surface area contributed by atoms with E-state index < -0.39 is 5.41 Å². The molecule has 1 aliphatic heterocycles. The first kappa shape index (κ1) is 21.9. The summed E-state index contributed by atoms with van der Waals surface area (Å²) in [4.78, 5) is 43.6. The monoisotopic (exact) mass is 444 g/mol. The van der Waals surface area contributed by atoms with E-state index in [-0.39, 0.29) is 36.6 Å². The van der Waals surface area contributed by atoms with Crippen LogP contribution in [0.25, 0.3) is 11.1 Å². The topological polar surface area (TPSA) is 57.7 Å². The number of hydrogen-bond acceptors (Lipinski definition) is 3. The van der Waals surface area contributed by atoms with Gasteiger partial charge in [0.2, 0.25) is 17.7 Å². The number of likely N-dealkylation sites (tertiary alicyclic amines) is 1. The van der Waals surface area contributed by atoms with E-state index in [1.807, 2.05) is 59.5 Å². The van der Waals surface area contributed by atoms with Crippen LogP contribution in [0.4, 0.5) is 0 Å². The van der Waals surface area contributed by atoms with Gasteiger partial charge in [-0.3, -0.25) is 19.3 Å². The molecule has 2 saturated carbocycles. The Balaban J connectivity index is 1.47. The molecule has 5 heteroatoms. The van der Waals surface area contributed by atoms with Crippen molar-refractivity contribution < 1.29 is 14.4 Å². The molecule has 3 amide bonds. The molecule has 3 fully saturated rings. The van der Waals surface area contributed by atoms with Gasteiger partial charge in [0.1, 0.15) is 0 Å². The number of benzene rings is 2. The van der Waals surface area contributed by atoms with Crippen molar-refractivity contribution in [2.75, 3.05) is 13.1 Å². The average molecular weight is 445 g/mol. The molecule has 0 bridgehead atoms. The fraction of sp³-hybridized carbons (Fsp3) is 0.464. The predicted octanol–water partition coefficient (Wildman–Crippen LogP) is 4.55. The standard InChI is InChI=1S/C28H32N2O3/c1-2-16-29(19-20-8-9-20)25(31)17-28(18-26(32)30(27(28)33)24-14-15-24)23-12-10-22(11-13-23)21-6-4-3-5-7-21/h3-7,10-13,20,24H,2,8-9,14-19H2,1H3/t28-/m0/s1. The Morgan fingerprint density at radius 2 is 1.64 bits per heavy atom. The normalized spacial score (nSPS) is 22.6. The van der Waals surface area contributed by atoms with Crippen LogP contribution >= 0.6 is 0 Å². The Morgan fingerprint density at radius 3 is 2.24 bits per heavy atom. The van der Waals surface area contributed by atoms with Crippen LogP contribution in [0.5, 0.6) is 0 Å². The molecule has 5 rings (SSSR count). The quantitative estimate of drug-likeness (QED) is 0.533. The minimum atomic E-state index is -1.10. The van der Waals surface area contributed by atoms with Gasteiger partial charge in [0.25, 0.3) is 0 Å². The first-order valence-corrected chi connectivity index (χ1v) is 12.3. The van der Waals surface area contributed by atoms with Gasteiger partial charge in [-0.2, -0.15) is 0 Å². The first-order chi connectivity index (χ1) is 16.0. The van der Waals surface area contributed by atoms with Crippen LogP contribution in [0.2, 0.25) is 0 Å². The Hall–Kier alpha value is -2.95. The van der Waals surface area contributed by atoms with Crippen LogP contribution < -0.4 is 0 Å². The van der Waals surface area contributed by atoms with Crippen LogP contribution in [0.1, 0.15) is 57.4 Å². The second-order valence-electron chi connectivity index (χ2n) is 9.96. The van der Waals surface area contributed by atoms with Crippen molar-refractivity contribution >= 4 is 17.7 Å². The van der Waals surface area contributed by atoms with E-state index in [1.165, 1.54) is 17.7 Å². The molecule has 0 aromatic heterocycles. The second kappa shape index (κ2) is 8.77. The highest BCUT2D eigenvalue weighted by molar-refractivity contribution is 6.11. The highest BCUT2D eigenvalue weighted by Crippen LogP contribution is 2.45. The smallest absolute Gasteiger partial charge is 0.241 e. The van der Waals surface area contributed by atoms with Crippen LogP contribution in [0.15, 0.2) is 54.6 Å². The molecular weight excluding hydrogens is 412 g/mol. The molecule has 172 valence electrons. The van der Waals surface area contributed by atoms with Crippen LogP contribution in [-0.4, -0.2) is 46.7 Å². The van der Waals surface area contributed by atoms with E-state index in [4.69, 9.17) is 0 Å². The van der Waals surface area contributed by atoms with Gasteiger partial charge in [0.15, 0.2) is 0 Å². The highest BCUT2D eigenvalue weighted by atomic mass is 16.2. The molecule has 1 atom stereocenters. The van der Waals surface area contributed by atoms with Crippen LogP contribution in [-0.2, 0) is 19.8 Å². The zero-order valence-electron chi connectivity index (χ0n) is 19.3.